The number of carbonyl (C=O) groups is 1. The number of hydrogen-bond donors (Lipinski definition) is 4. The highest BCUT2D eigenvalue weighted by atomic mass is 16.5. The number of unbranched alkanes of at least 4 members (excludes halogenated alkanes) is 5. The first-order valence-corrected chi connectivity index (χ1v) is 21.4. The van der Waals surface area contributed by atoms with Gasteiger partial charge in [-0.2, -0.15) is 0 Å². The quantitative estimate of drug-likeness (QED) is 0.0817. The molecule has 1 amide bonds. The van der Waals surface area contributed by atoms with Crippen molar-refractivity contribution in [1.29, 1.82) is 0 Å². The van der Waals surface area contributed by atoms with Gasteiger partial charge in [0.05, 0.1) is 18.3 Å². The van der Waals surface area contributed by atoms with Gasteiger partial charge in [-0.15, -0.1) is 0 Å². The largest absolute Gasteiger partial charge is 0.378 e. The third kappa shape index (κ3) is 10.7. The second-order valence-electron chi connectivity index (χ2n) is 17.5. The molecular formula is C42H80N4O4. The lowest BCUT2D eigenvalue weighted by Gasteiger charge is -2.59. The molecule has 7 unspecified atom stereocenters. The lowest BCUT2D eigenvalue weighted by Crippen LogP contribution is -2.57. The zero-order valence-corrected chi connectivity index (χ0v) is 32.9. The van der Waals surface area contributed by atoms with Crippen molar-refractivity contribution in [2.24, 2.45) is 63.5 Å². The molecule has 4 fully saturated rings. The van der Waals surface area contributed by atoms with Gasteiger partial charge in [-0.3, -0.25) is 4.79 Å². The second-order valence-corrected chi connectivity index (χ2v) is 17.5. The fourth-order valence-electron chi connectivity index (χ4n) is 11.6. The monoisotopic (exact) mass is 705 g/mol. The summed E-state index contributed by atoms with van der Waals surface area (Å²) in [4.78, 5) is 13.0. The summed E-state index contributed by atoms with van der Waals surface area (Å²) in [6.45, 7) is 15.0. The highest BCUT2D eigenvalue weighted by Crippen LogP contribution is 2.68. The van der Waals surface area contributed by atoms with Gasteiger partial charge in [0.25, 0.3) is 0 Å². The van der Waals surface area contributed by atoms with E-state index in [-0.39, 0.29) is 28.9 Å². The van der Waals surface area contributed by atoms with Gasteiger partial charge in [-0.05, 0) is 149 Å². The minimum Gasteiger partial charge on any atom is -0.378 e. The predicted molar refractivity (Wildman–Crippen MR) is 206 cm³/mol. The topological polar surface area (TPSA) is 135 Å². The lowest BCUT2D eigenvalue weighted by molar-refractivity contribution is -0.172. The standard InChI is InChI=1S/C42H80N4O4/c1-5-6-7-8-9-10-23-46-40(47)17-14-31(2)36-15-16-37-35-29-34(49-25-12-21-44)28-32-27-33(48-24-11-20-43)18-19-41(32,3)38(35)30-39(42(36,37)4)50-26-13-22-45/h31-39H,5-30,43-45H2,1-4H3,(H,46,47)/t31-,32?,33?,34?,35?,36?,37+,38+,39+,41?,42?/m1/s1. The third-order valence-corrected chi connectivity index (χ3v) is 14.4. The van der Waals surface area contributed by atoms with E-state index in [4.69, 9.17) is 31.4 Å². The summed E-state index contributed by atoms with van der Waals surface area (Å²) < 4.78 is 20.2. The van der Waals surface area contributed by atoms with Crippen LogP contribution in [0.2, 0.25) is 0 Å². The number of ether oxygens (including phenoxy) is 3. The van der Waals surface area contributed by atoms with E-state index in [1.807, 2.05) is 0 Å². The molecule has 0 bridgehead atoms. The summed E-state index contributed by atoms with van der Waals surface area (Å²) in [5.74, 6) is 3.69. The maximum absolute atomic E-state index is 13.0. The number of carbonyl (C=O) groups excluding carboxylic acids is 1. The van der Waals surface area contributed by atoms with Crippen molar-refractivity contribution in [2.45, 2.75) is 168 Å². The number of nitrogens with two attached hydrogens (primary N) is 3. The van der Waals surface area contributed by atoms with E-state index in [9.17, 15) is 4.79 Å². The Labute approximate surface area is 307 Å². The summed E-state index contributed by atoms with van der Waals surface area (Å²) in [6.07, 6.45) is 22.0. The number of rotatable bonds is 23. The van der Waals surface area contributed by atoms with E-state index in [2.05, 4.69) is 33.0 Å². The van der Waals surface area contributed by atoms with Crippen LogP contribution < -0.4 is 22.5 Å². The van der Waals surface area contributed by atoms with Crippen LogP contribution in [-0.2, 0) is 19.0 Å². The molecule has 0 aliphatic heterocycles. The van der Waals surface area contributed by atoms with Crippen LogP contribution in [0, 0.1) is 46.3 Å². The van der Waals surface area contributed by atoms with Crippen LogP contribution >= 0.6 is 0 Å². The molecule has 0 aromatic rings. The maximum Gasteiger partial charge on any atom is 0.220 e. The van der Waals surface area contributed by atoms with Crippen molar-refractivity contribution in [3.05, 3.63) is 0 Å². The van der Waals surface area contributed by atoms with Crippen LogP contribution in [0.1, 0.15) is 150 Å². The molecule has 0 aromatic heterocycles. The van der Waals surface area contributed by atoms with Gasteiger partial charge >= 0.3 is 0 Å². The van der Waals surface area contributed by atoms with Crippen molar-refractivity contribution in [3.8, 4) is 0 Å². The third-order valence-electron chi connectivity index (χ3n) is 14.4. The number of amides is 1. The first kappa shape index (κ1) is 42.0. The van der Waals surface area contributed by atoms with Crippen molar-refractivity contribution < 1.29 is 19.0 Å². The molecule has 0 radical (unpaired) electrons. The van der Waals surface area contributed by atoms with Crippen molar-refractivity contribution >= 4 is 5.91 Å². The zero-order valence-electron chi connectivity index (χ0n) is 32.9. The molecule has 0 aromatic carbocycles. The summed E-state index contributed by atoms with van der Waals surface area (Å²) in [7, 11) is 0. The van der Waals surface area contributed by atoms with E-state index >= 15 is 0 Å². The number of fused-ring (bicyclic) bond motifs is 5. The van der Waals surface area contributed by atoms with Crippen molar-refractivity contribution in [1.82, 2.24) is 5.32 Å². The van der Waals surface area contributed by atoms with E-state index in [0.29, 0.717) is 67.7 Å². The fourth-order valence-corrected chi connectivity index (χ4v) is 11.6. The average Bonchev–Trinajstić information content (AvgIpc) is 3.41. The smallest absolute Gasteiger partial charge is 0.220 e. The van der Waals surface area contributed by atoms with E-state index < -0.39 is 0 Å². The fraction of sp³-hybridized carbons (Fsp3) is 0.976. The first-order valence-electron chi connectivity index (χ1n) is 21.4. The Hall–Kier alpha value is -0.770. The molecule has 50 heavy (non-hydrogen) atoms. The van der Waals surface area contributed by atoms with Crippen molar-refractivity contribution in [3.63, 3.8) is 0 Å². The molecule has 0 heterocycles. The normalized spacial score (nSPS) is 35.9. The molecular weight excluding hydrogens is 624 g/mol. The van der Waals surface area contributed by atoms with Crippen LogP contribution in [0.15, 0.2) is 0 Å². The van der Waals surface area contributed by atoms with Gasteiger partial charge in [-0.1, -0.05) is 59.8 Å². The molecule has 4 saturated carbocycles. The molecule has 0 saturated heterocycles. The summed E-state index contributed by atoms with van der Waals surface area (Å²) >= 11 is 0. The summed E-state index contributed by atoms with van der Waals surface area (Å²) in [6, 6.07) is 0. The van der Waals surface area contributed by atoms with E-state index in [1.54, 1.807) is 0 Å². The SMILES string of the molecule is CCCCCCCCNC(=O)CC[C@@H](C)C1CC[C@H]2C3CC(OCCCN)CC4CC(OCCCN)CCC4(C)[C@H]3C[C@H](OCCCN)C12C. The first-order chi connectivity index (χ1) is 24.2. The number of hydrogen-bond acceptors (Lipinski definition) is 7. The Morgan fingerprint density at radius 3 is 2.10 bits per heavy atom. The predicted octanol–water partition coefficient (Wildman–Crippen LogP) is 7.35. The molecule has 0 spiro atoms. The van der Waals surface area contributed by atoms with Gasteiger partial charge in [0.1, 0.15) is 0 Å². The Morgan fingerprint density at radius 1 is 0.760 bits per heavy atom. The molecule has 4 rings (SSSR count). The molecule has 8 nitrogen and oxygen atoms in total. The lowest BCUT2D eigenvalue weighted by atomic mass is 9.48. The van der Waals surface area contributed by atoms with Gasteiger partial charge in [0, 0.05) is 32.8 Å². The van der Waals surface area contributed by atoms with Crippen LogP contribution in [0.25, 0.3) is 0 Å². The van der Waals surface area contributed by atoms with Crippen LogP contribution in [0.3, 0.4) is 0 Å². The minimum absolute atomic E-state index is 0.0880. The Balaban J connectivity index is 1.49. The molecule has 7 N–H and O–H groups in total. The highest BCUT2D eigenvalue weighted by molar-refractivity contribution is 5.75. The maximum atomic E-state index is 13.0. The molecule has 4 aliphatic carbocycles. The Kier molecular flexibility index (Phi) is 17.8. The summed E-state index contributed by atoms with van der Waals surface area (Å²) in [5.41, 5.74) is 18.1. The van der Waals surface area contributed by atoms with Gasteiger partial charge < -0.3 is 36.7 Å². The highest BCUT2D eigenvalue weighted by Gasteiger charge is 2.64. The van der Waals surface area contributed by atoms with Crippen LogP contribution in [0.5, 0.6) is 0 Å². The van der Waals surface area contributed by atoms with Gasteiger partial charge in [0.15, 0.2) is 0 Å². The zero-order chi connectivity index (χ0) is 36.0. The minimum atomic E-state index is 0.0880. The van der Waals surface area contributed by atoms with Crippen molar-refractivity contribution in [2.75, 3.05) is 46.0 Å². The van der Waals surface area contributed by atoms with Gasteiger partial charge in [-0.25, -0.2) is 0 Å². The average molecular weight is 705 g/mol. The van der Waals surface area contributed by atoms with E-state index in [0.717, 1.165) is 90.6 Å². The van der Waals surface area contributed by atoms with Gasteiger partial charge in [0.2, 0.25) is 5.91 Å². The molecule has 4 aliphatic rings. The number of nitrogens with one attached hydrogen (secondary N) is 1. The van der Waals surface area contributed by atoms with Crippen LogP contribution in [-0.4, -0.2) is 70.2 Å². The molecule has 8 heteroatoms. The van der Waals surface area contributed by atoms with E-state index in [1.165, 1.54) is 51.4 Å². The van der Waals surface area contributed by atoms with Crippen LogP contribution in [0.4, 0.5) is 0 Å². The second kappa shape index (κ2) is 21.2. The Morgan fingerprint density at radius 2 is 1.40 bits per heavy atom. The molecule has 11 atom stereocenters. The Bertz CT molecular complexity index is 970. The molecule has 292 valence electrons. The summed E-state index contributed by atoms with van der Waals surface area (Å²) in [5, 5.41) is 3.23.